The Bertz CT molecular complexity index is 1470. The van der Waals surface area contributed by atoms with E-state index < -0.39 is 0 Å². The van der Waals surface area contributed by atoms with Crippen molar-refractivity contribution in [2.45, 2.75) is 52.9 Å². The van der Waals surface area contributed by atoms with E-state index in [9.17, 15) is 9.59 Å². The van der Waals surface area contributed by atoms with Gasteiger partial charge in [-0.2, -0.15) is 0 Å². The van der Waals surface area contributed by atoms with Crippen LogP contribution in [0.1, 0.15) is 77.1 Å². The van der Waals surface area contributed by atoms with Gasteiger partial charge in [0.1, 0.15) is 4.83 Å². The fourth-order valence-corrected chi connectivity index (χ4v) is 6.52. The first kappa shape index (κ1) is 26.3. The molecule has 8 heteroatoms. The number of aryl methyl sites for hydroxylation is 1. The van der Waals surface area contributed by atoms with Crippen molar-refractivity contribution in [2.24, 2.45) is 23.0 Å². The molecule has 3 atom stereocenters. The first-order chi connectivity index (χ1) is 18.1. The van der Waals surface area contributed by atoms with Gasteiger partial charge in [-0.05, 0) is 72.5 Å². The van der Waals surface area contributed by atoms with E-state index in [-0.39, 0.29) is 34.8 Å². The van der Waals surface area contributed by atoms with Gasteiger partial charge in [0.15, 0.2) is 11.6 Å². The summed E-state index contributed by atoms with van der Waals surface area (Å²) in [7, 11) is 0. The van der Waals surface area contributed by atoms with Gasteiger partial charge < -0.3 is 16.0 Å². The molecular formula is C30H35N5O2S. The smallest absolute Gasteiger partial charge is 0.291 e. The van der Waals surface area contributed by atoms with Crippen molar-refractivity contribution < 1.29 is 9.59 Å². The van der Waals surface area contributed by atoms with Crippen LogP contribution in [0.15, 0.2) is 48.8 Å². The number of imidazole rings is 1. The Morgan fingerprint density at radius 2 is 2.05 bits per heavy atom. The highest BCUT2D eigenvalue weighted by atomic mass is 32.1. The van der Waals surface area contributed by atoms with Crippen molar-refractivity contribution in [1.29, 1.82) is 0 Å². The van der Waals surface area contributed by atoms with Crippen molar-refractivity contribution in [3.05, 3.63) is 76.3 Å². The number of thiophene rings is 1. The second-order valence-corrected chi connectivity index (χ2v) is 12.4. The number of hydrogen-bond donors (Lipinski definition) is 3. The minimum atomic E-state index is -0.330. The lowest BCUT2D eigenvalue weighted by atomic mass is 9.71. The average molecular weight is 530 g/mol. The molecule has 0 radical (unpaired) electrons. The third-order valence-electron chi connectivity index (χ3n) is 7.90. The quantitative estimate of drug-likeness (QED) is 0.255. The summed E-state index contributed by atoms with van der Waals surface area (Å²) in [4.78, 5) is 39.5. The number of benzene rings is 1. The highest BCUT2D eigenvalue weighted by Crippen LogP contribution is 2.39. The molecule has 3 aromatic heterocycles. The number of aromatic amines is 1. The molecule has 0 bridgehead atoms. The summed E-state index contributed by atoms with van der Waals surface area (Å²) in [6.07, 6.45) is 6.32. The molecule has 0 fully saturated rings. The van der Waals surface area contributed by atoms with Crippen LogP contribution in [-0.2, 0) is 12.8 Å². The molecule has 1 aliphatic carbocycles. The lowest BCUT2D eigenvalue weighted by Crippen LogP contribution is -2.27. The van der Waals surface area contributed by atoms with E-state index in [4.69, 9.17) is 10.7 Å². The number of ketones is 1. The third kappa shape index (κ3) is 5.28. The molecule has 4 N–H and O–H groups in total. The fourth-order valence-electron chi connectivity index (χ4n) is 5.45. The molecule has 4 aromatic rings. The number of hydrogen-bond acceptors (Lipinski definition) is 6. The summed E-state index contributed by atoms with van der Waals surface area (Å²) >= 11 is 1.48. The minimum absolute atomic E-state index is 0.0685. The Labute approximate surface area is 227 Å². The number of aromatic nitrogens is 3. The van der Waals surface area contributed by atoms with Gasteiger partial charge in [-0.25, -0.2) is 9.97 Å². The second-order valence-electron chi connectivity index (χ2n) is 11.4. The monoisotopic (exact) mass is 529 g/mol. The van der Waals surface area contributed by atoms with Crippen molar-refractivity contribution in [2.75, 3.05) is 11.9 Å². The van der Waals surface area contributed by atoms with Crippen molar-refractivity contribution in [3.8, 4) is 0 Å². The second kappa shape index (κ2) is 10.4. The number of fused-ring (bicyclic) bond motifs is 2. The van der Waals surface area contributed by atoms with Gasteiger partial charge in [-0.1, -0.05) is 39.8 Å². The third-order valence-corrected chi connectivity index (χ3v) is 8.96. The van der Waals surface area contributed by atoms with Gasteiger partial charge in [0.05, 0.1) is 4.88 Å². The molecule has 38 heavy (non-hydrogen) atoms. The number of amides is 1. The van der Waals surface area contributed by atoms with Gasteiger partial charge >= 0.3 is 0 Å². The zero-order valence-electron chi connectivity index (χ0n) is 22.4. The standard InChI is InChI=1S/C30H35N5O2S/c1-17(23(16-31)18-6-5-7-22(14-18)34-28(37)27-32-10-11-33-27)26(36)25-15-20-12-19-13-21(30(2,3)4)8-9-24(19)35-29(20)38-25/h5-7,10-12,14-15,17,21,23H,8-9,13,16,31H2,1-4H3,(H,32,33)(H,34,37)/t17-,21+,23-/m0/s1. The predicted octanol–water partition coefficient (Wildman–Crippen LogP) is 5.98. The molecule has 5 rings (SSSR count). The number of carbonyl (C=O) groups is 2. The van der Waals surface area contributed by atoms with Gasteiger partial charge in [-0.15, -0.1) is 11.3 Å². The molecule has 1 aliphatic rings. The SMILES string of the molecule is C[C@H](C(=O)c1cc2cc3c(nc2s1)CC[C@@H](C(C)(C)C)C3)[C@H](CN)c1cccc(NC(=O)c2ncc[nH]2)c1. The van der Waals surface area contributed by atoms with Crippen LogP contribution in [0, 0.1) is 17.3 Å². The highest BCUT2D eigenvalue weighted by Gasteiger charge is 2.31. The lowest BCUT2D eigenvalue weighted by molar-refractivity contribution is 0.0916. The first-order valence-electron chi connectivity index (χ1n) is 13.2. The molecular weight excluding hydrogens is 494 g/mol. The van der Waals surface area contributed by atoms with Gasteiger partial charge in [-0.3, -0.25) is 9.59 Å². The first-order valence-corrected chi connectivity index (χ1v) is 14.0. The number of nitrogens with two attached hydrogens (primary N) is 1. The van der Waals surface area contributed by atoms with Crippen molar-refractivity contribution >= 4 is 38.9 Å². The Kier molecular flexibility index (Phi) is 7.20. The summed E-state index contributed by atoms with van der Waals surface area (Å²) in [6, 6.07) is 11.8. The van der Waals surface area contributed by atoms with E-state index in [1.165, 1.54) is 28.8 Å². The van der Waals surface area contributed by atoms with E-state index in [0.717, 1.165) is 39.9 Å². The van der Waals surface area contributed by atoms with Gasteiger partial charge in [0, 0.05) is 41.0 Å². The van der Waals surface area contributed by atoms with E-state index in [1.54, 1.807) is 6.20 Å². The molecule has 3 heterocycles. The Morgan fingerprint density at radius 1 is 1.24 bits per heavy atom. The maximum atomic E-state index is 13.7. The Morgan fingerprint density at radius 3 is 2.76 bits per heavy atom. The van der Waals surface area contributed by atoms with Crippen LogP contribution in [0.25, 0.3) is 10.2 Å². The zero-order chi connectivity index (χ0) is 27.0. The summed E-state index contributed by atoms with van der Waals surface area (Å²) in [5, 5.41) is 3.90. The summed E-state index contributed by atoms with van der Waals surface area (Å²) < 4.78 is 0. The number of pyridine rings is 1. The topological polar surface area (TPSA) is 114 Å². The molecule has 0 spiro atoms. The van der Waals surface area contributed by atoms with E-state index in [1.807, 2.05) is 37.3 Å². The molecule has 0 aliphatic heterocycles. The van der Waals surface area contributed by atoms with E-state index >= 15 is 0 Å². The lowest BCUT2D eigenvalue weighted by Gasteiger charge is -2.34. The number of anilines is 1. The van der Waals surface area contributed by atoms with Crippen LogP contribution < -0.4 is 11.1 Å². The molecule has 1 amide bonds. The van der Waals surface area contributed by atoms with Crippen LogP contribution in [0.4, 0.5) is 5.69 Å². The number of nitrogens with one attached hydrogen (secondary N) is 2. The Balaban J connectivity index is 1.35. The number of carbonyl (C=O) groups excluding carboxylic acids is 2. The maximum Gasteiger partial charge on any atom is 0.291 e. The summed E-state index contributed by atoms with van der Waals surface area (Å²) in [5.41, 5.74) is 10.5. The maximum absolute atomic E-state index is 13.7. The van der Waals surface area contributed by atoms with Gasteiger partial charge in [0.2, 0.25) is 0 Å². The number of nitrogens with zero attached hydrogens (tertiary/aromatic N) is 2. The molecule has 0 saturated heterocycles. The molecule has 198 valence electrons. The van der Waals surface area contributed by atoms with E-state index in [2.05, 4.69) is 42.1 Å². The zero-order valence-corrected chi connectivity index (χ0v) is 23.2. The van der Waals surface area contributed by atoms with Crippen LogP contribution in [0.3, 0.4) is 0 Å². The molecule has 0 unspecified atom stereocenters. The Hall–Kier alpha value is -3.36. The largest absolute Gasteiger partial charge is 0.341 e. The molecule has 0 saturated carbocycles. The summed E-state index contributed by atoms with van der Waals surface area (Å²) in [5.74, 6) is 0.0991. The van der Waals surface area contributed by atoms with Gasteiger partial charge in [0.25, 0.3) is 5.91 Å². The summed E-state index contributed by atoms with van der Waals surface area (Å²) in [6.45, 7) is 9.19. The molecule has 1 aromatic carbocycles. The van der Waals surface area contributed by atoms with Crippen LogP contribution >= 0.6 is 11.3 Å². The van der Waals surface area contributed by atoms with Crippen LogP contribution in [0.2, 0.25) is 0 Å². The number of Topliss-reactive ketones (excluding diaryl/α,β-unsaturated/α-hetero) is 1. The fraction of sp³-hybridized carbons (Fsp3) is 0.400. The number of H-pyrrole nitrogens is 1. The van der Waals surface area contributed by atoms with Crippen LogP contribution in [0.5, 0.6) is 0 Å². The minimum Gasteiger partial charge on any atom is -0.341 e. The average Bonchev–Trinajstić information content (AvgIpc) is 3.57. The molecule has 7 nitrogen and oxygen atoms in total. The highest BCUT2D eigenvalue weighted by molar-refractivity contribution is 7.20. The normalized spacial score (nSPS) is 17.1. The van der Waals surface area contributed by atoms with E-state index in [0.29, 0.717) is 18.2 Å². The van der Waals surface area contributed by atoms with Crippen molar-refractivity contribution in [3.63, 3.8) is 0 Å². The predicted molar refractivity (Wildman–Crippen MR) is 153 cm³/mol. The number of rotatable bonds is 7. The van der Waals surface area contributed by atoms with Crippen LogP contribution in [-0.4, -0.2) is 33.2 Å². The van der Waals surface area contributed by atoms with Crippen molar-refractivity contribution in [1.82, 2.24) is 15.0 Å².